The van der Waals surface area contributed by atoms with E-state index in [0.717, 1.165) is 5.92 Å². The highest BCUT2D eigenvalue weighted by molar-refractivity contribution is 8.00. The number of rotatable bonds is 1. The number of hydrogen-bond acceptors (Lipinski definition) is 3. The zero-order valence-electron chi connectivity index (χ0n) is 8.07. The van der Waals surface area contributed by atoms with Crippen molar-refractivity contribution in [1.82, 2.24) is 5.01 Å². The first-order valence-electron chi connectivity index (χ1n) is 4.99. The molecular formula is C9H17N3S. The minimum absolute atomic E-state index is 0.354. The lowest BCUT2D eigenvalue weighted by molar-refractivity contribution is 0.219. The van der Waals surface area contributed by atoms with Crippen LogP contribution in [0.5, 0.6) is 0 Å². The maximum Gasteiger partial charge on any atom is 0.110 e. The summed E-state index contributed by atoms with van der Waals surface area (Å²) in [5.41, 5.74) is 1.80. The Kier molecular flexibility index (Phi) is 2.67. The van der Waals surface area contributed by atoms with E-state index in [4.69, 9.17) is 4.78 Å². The maximum atomic E-state index is 7.89. The summed E-state index contributed by atoms with van der Waals surface area (Å²) in [6.45, 7) is 0. The van der Waals surface area contributed by atoms with Crippen LogP contribution >= 0.6 is 0 Å². The Hall–Kier alpha value is -0.380. The highest BCUT2D eigenvalue weighted by Crippen LogP contribution is 2.31. The van der Waals surface area contributed by atoms with Crippen molar-refractivity contribution in [1.29, 1.82) is 4.78 Å². The summed E-state index contributed by atoms with van der Waals surface area (Å²) in [6, 6.07) is 0. The average molecular weight is 199 g/mol. The van der Waals surface area contributed by atoms with E-state index in [2.05, 4.69) is 5.10 Å². The van der Waals surface area contributed by atoms with E-state index in [-0.39, 0.29) is 10.7 Å². The molecule has 3 nitrogen and oxygen atoms in total. The Bertz CT molecular complexity index is 233. The lowest BCUT2D eigenvalue weighted by atomic mass is 9.89. The summed E-state index contributed by atoms with van der Waals surface area (Å²) in [6.07, 6.45) is 6.71. The summed E-state index contributed by atoms with van der Waals surface area (Å²) in [5, 5.41) is 6.60. The quantitative estimate of drug-likeness (QED) is 0.690. The summed E-state index contributed by atoms with van der Waals surface area (Å²) in [5.74, 6) is 0.724. The third-order valence-corrected chi connectivity index (χ3v) is 4.56. The molecular weight excluding hydrogens is 182 g/mol. The molecule has 1 aliphatic carbocycles. The highest BCUT2D eigenvalue weighted by Gasteiger charge is 2.31. The van der Waals surface area contributed by atoms with E-state index in [1.54, 1.807) is 5.55 Å². The van der Waals surface area contributed by atoms with E-state index >= 15 is 0 Å². The normalized spacial score (nSPS) is 35.6. The van der Waals surface area contributed by atoms with Gasteiger partial charge < -0.3 is 0 Å². The Morgan fingerprint density at radius 1 is 1.38 bits per heavy atom. The van der Waals surface area contributed by atoms with Crippen LogP contribution in [0, 0.1) is 10.7 Å². The van der Waals surface area contributed by atoms with Gasteiger partial charge in [-0.2, -0.15) is 5.10 Å². The standard InChI is InChI=1S/C9H17N3S/c1-12-9(13(10)7-11-12)8-5-3-2-4-6-8/h7-10H,2-6H2,1H3. The number of nitrogens with zero attached hydrogens (tertiary/aromatic N) is 2. The first-order valence-corrected chi connectivity index (χ1v) is 6.34. The van der Waals surface area contributed by atoms with Crippen molar-refractivity contribution in [3.8, 4) is 0 Å². The Morgan fingerprint density at radius 2 is 2.08 bits per heavy atom. The molecule has 0 saturated heterocycles. The number of hydrogen-bond donors (Lipinski definition) is 1. The molecule has 13 heavy (non-hydrogen) atoms. The Labute approximate surface area is 82.1 Å². The van der Waals surface area contributed by atoms with Gasteiger partial charge in [0.2, 0.25) is 0 Å². The molecule has 2 atom stereocenters. The van der Waals surface area contributed by atoms with Crippen molar-refractivity contribution in [2.24, 2.45) is 11.0 Å². The predicted molar refractivity (Wildman–Crippen MR) is 56.7 cm³/mol. The molecule has 0 amide bonds. The lowest BCUT2D eigenvalue weighted by Crippen LogP contribution is -2.34. The van der Waals surface area contributed by atoms with Gasteiger partial charge in [0.15, 0.2) is 0 Å². The maximum absolute atomic E-state index is 7.89. The molecule has 1 heterocycles. The van der Waals surface area contributed by atoms with E-state index in [9.17, 15) is 0 Å². The molecule has 2 aliphatic rings. The van der Waals surface area contributed by atoms with Gasteiger partial charge in [0.25, 0.3) is 0 Å². The minimum atomic E-state index is -0.354. The second kappa shape index (κ2) is 3.78. The van der Waals surface area contributed by atoms with Gasteiger partial charge in [-0.1, -0.05) is 19.3 Å². The van der Waals surface area contributed by atoms with Crippen molar-refractivity contribution in [2.45, 2.75) is 37.5 Å². The monoisotopic (exact) mass is 199 g/mol. The van der Waals surface area contributed by atoms with Gasteiger partial charge in [0, 0.05) is 7.05 Å². The average Bonchev–Trinajstić information content (AvgIpc) is 2.48. The van der Waals surface area contributed by atoms with Gasteiger partial charge in [0.05, 0.1) is 5.55 Å². The number of hydrazone groups is 1. The molecule has 1 N–H and O–H groups in total. The van der Waals surface area contributed by atoms with Crippen LogP contribution < -0.4 is 0 Å². The first-order chi connectivity index (χ1) is 6.29. The molecule has 2 unspecified atom stereocenters. The minimum Gasteiger partial charge on any atom is -0.285 e. The van der Waals surface area contributed by atoms with Crippen LogP contribution in [0.1, 0.15) is 32.1 Å². The van der Waals surface area contributed by atoms with Crippen LogP contribution in [0.15, 0.2) is 5.10 Å². The number of nitrogens with one attached hydrogen (secondary N) is 1. The molecule has 0 bridgehead atoms. The van der Waals surface area contributed by atoms with E-state index in [1.807, 2.05) is 12.1 Å². The summed E-state index contributed by atoms with van der Waals surface area (Å²) in [7, 11) is 1.66. The fraction of sp³-hybridized carbons (Fsp3) is 0.889. The molecule has 1 aliphatic heterocycles. The third kappa shape index (κ3) is 1.77. The fourth-order valence-electron chi connectivity index (χ4n) is 2.35. The van der Waals surface area contributed by atoms with Gasteiger partial charge in [-0.25, -0.2) is 0 Å². The summed E-state index contributed by atoms with van der Waals surface area (Å²) >= 11 is 0. The van der Waals surface area contributed by atoms with Crippen molar-refractivity contribution in [3.05, 3.63) is 0 Å². The molecule has 0 aromatic heterocycles. The third-order valence-electron chi connectivity index (χ3n) is 3.02. The van der Waals surface area contributed by atoms with Crippen LogP contribution in [0.25, 0.3) is 0 Å². The molecule has 0 spiro atoms. The van der Waals surface area contributed by atoms with Crippen LogP contribution in [-0.4, -0.2) is 23.0 Å². The van der Waals surface area contributed by atoms with Gasteiger partial charge in [-0.05, 0) is 29.5 Å². The van der Waals surface area contributed by atoms with Crippen molar-refractivity contribution >= 4 is 16.2 Å². The highest BCUT2D eigenvalue weighted by atomic mass is 32.2. The first kappa shape index (κ1) is 9.19. The molecule has 4 heteroatoms. The Morgan fingerprint density at radius 3 is 2.62 bits per heavy atom. The smallest absolute Gasteiger partial charge is 0.110 e. The zero-order chi connectivity index (χ0) is 9.26. The van der Waals surface area contributed by atoms with Crippen LogP contribution in [0.2, 0.25) is 0 Å². The molecule has 0 aromatic carbocycles. The van der Waals surface area contributed by atoms with Gasteiger partial charge in [-0.15, -0.1) is 0 Å². The lowest BCUT2D eigenvalue weighted by Gasteiger charge is -2.31. The fourth-order valence-corrected chi connectivity index (χ4v) is 3.79. The van der Waals surface area contributed by atoms with Crippen LogP contribution in [0.4, 0.5) is 0 Å². The SMILES string of the molecule is CN1N=CS(=N)C1C1CCCCC1. The van der Waals surface area contributed by atoms with Crippen LogP contribution in [-0.2, 0) is 10.7 Å². The zero-order valence-corrected chi connectivity index (χ0v) is 8.89. The predicted octanol–water partition coefficient (Wildman–Crippen LogP) is 2.16. The van der Waals surface area contributed by atoms with Gasteiger partial charge in [-0.3, -0.25) is 9.79 Å². The summed E-state index contributed by atoms with van der Waals surface area (Å²) < 4.78 is 7.89. The van der Waals surface area contributed by atoms with E-state index in [1.165, 1.54) is 32.1 Å². The topological polar surface area (TPSA) is 39.5 Å². The van der Waals surface area contributed by atoms with E-state index < -0.39 is 0 Å². The van der Waals surface area contributed by atoms with Crippen molar-refractivity contribution < 1.29 is 0 Å². The molecule has 0 radical (unpaired) electrons. The molecule has 1 fully saturated rings. The molecule has 2 rings (SSSR count). The second-order valence-electron chi connectivity index (χ2n) is 3.95. The van der Waals surface area contributed by atoms with Crippen molar-refractivity contribution in [2.75, 3.05) is 7.05 Å². The summed E-state index contributed by atoms with van der Waals surface area (Å²) in [4.78, 5) is 0. The van der Waals surface area contributed by atoms with Crippen LogP contribution in [0.3, 0.4) is 0 Å². The molecule has 0 aromatic rings. The van der Waals surface area contributed by atoms with E-state index in [0.29, 0.717) is 5.37 Å². The molecule has 74 valence electrons. The van der Waals surface area contributed by atoms with Crippen molar-refractivity contribution in [3.63, 3.8) is 0 Å². The molecule has 1 saturated carbocycles. The van der Waals surface area contributed by atoms with Gasteiger partial charge in [0.1, 0.15) is 5.37 Å². The largest absolute Gasteiger partial charge is 0.285 e. The van der Waals surface area contributed by atoms with Gasteiger partial charge >= 0.3 is 0 Å². The Balaban J connectivity index is 2.02. The second-order valence-corrected chi connectivity index (χ2v) is 5.39.